The minimum atomic E-state index is 0.221. The standard InChI is InChI=1S/C27H32N2O4/c1-32-24-15-18-8-11-28(17-22(18)16-25(24)33-2)10-4-3-5-23(30)21-13-19-6-7-26(31)29-12-9-20(14-21)27(19)29/h13-16H,3-12,17H2,1-2H3. The molecule has 0 bridgehead atoms. The molecule has 174 valence electrons. The molecule has 3 aliphatic heterocycles. The number of unbranched alkanes of at least 4 members (excludes halogenated alkanes) is 1. The first-order chi connectivity index (χ1) is 16.1. The van der Waals surface area contributed by atoms with Crippen LogP contribution < -0.4 is 14.4 Å². The minimum absolute atomic E-state index is 0.221. The molecule has 0 radical (unpaired) electrons. The molecule has 6 heteroatoms. The fourth-order valence-electron chi connectivity index (χ4n) is 5.52. The largest absolute Gasteiger partial charge is 0.493 e. The van der Waals surface area contributed by atoms with Gasteiger partial charge in [0.25, 0.3) is 0 Å². The second kappa shape index (κ2) is 9.18. The van der Waals surface area contributed by atoms with E-state index in [9.17, 15) is 9.59 Å². The topological polar surface area (TPSA) is 59.1 Å². The van der Waals surface area contributed by atoms with Crippen molar-refractivity contribution in [2.24, 2.45) is 0 Å². The lowest BCUT2D eigenvalue weighted by Crippen LogP contribution is -2.32. The molecular weight excluding hydrogens is 416 g/mol. The maximum atomic E-state index is 12.9. The zero-order chi connectivity index (χ0) is 22.9. The Morgan fingerprint density at radius 1 is 0.848 bits per heavy atom. The summed E-state index contributed by atoms with van der Waals surface area (Å²) in [4.78, 5) is 29.4. The molecule has 5 rings (SSSR count). The van der Waals surface area contributed by atoms with E-state index in [2.05, 4.69) is 17.0 Å². The molecule has 3 heterocycles. The number of fused-ring (bicyclic) bond motifs is 1. The van der Waals surface area contributed by atoms with Crippen molar-refractivity contribution < 1.29 is 19.1 Å². The predicted molar refractivity (Wildman–Crippen MR) is 128 cm³/mol. The number of Topliss-reactive ketones (excluding diaryl/α,β-unsaturated/α-hetero) is 1. The Kier molecular flexibility index (Phi) is 6.11. The van der Waals surface area contributed by atoms with Crippen LogP contribution in [0, 0.1) is 0 Å². The molecule has 33 heavy (non-hydrogen) atoms. The molecule has 0 aliphatic carbocycles. The monoisotopic (exact) mass is 448 g/mol. The van der Waals surface area contributed by atoms with Gasteiger partial charge in [-0.3, -0.25) is 14.5 Å². The van der Waals surface area contributed by atoms with Gasteiger partial charge < -0.3 is 14.4 Å². The summed E-state index contributed by atoms with van der Waals surface area (Å²) in [5, 5.41) is 0. The highest BCUT2D eigenvalue weighted by Crippen LogP contribution is 2.38. The van der Waals surface area contributed by atoms with E-state index in [1.54, 1.807) is 14.2 Å². The van der Waals surface area contributed by atoms with E-state index in [0.717, 1.165) is 81.0 Å². The first-order valence-corrected chi connectivity index (χ1v) is 12.0. The highest BCUT2D eigenvalue weighted by atomic mass is 16.5. The van der Waals surface area contributed by atoms with Gasteiger partial charge in [-0.1, -0.05) is 0 Å². The number of anilines is 1. The molecule has 0 aromatic heterocycles. The van der Waals surface area contributed by atoms with Crippen LogP contribution in [0.25, 0.3) is 0 Å². The van der Waals surface area contributed by atoms with E-state index in [0.29, 0.717) is 12.8 Å². The number of ketones is 1. The summed E-state index contributed by atoms with van der Waals surface area (Å²) in [6, 6.07) is 8.26. The van der Waals surface area contributed by atoms with Crippen LogP contribution in [-0.4, -0.2) is 50.4 Å². The third-order valence-electron chi connectivity index (χ3n) is 7.30. The zero-order valence-electron chi connectivity index (χ0n) is 19.6. The van der Waals surface area contributed by atoms with Crippen LogP contribution in [0.5, 0.6) is 11.5 Å². The molecule has 6 nitrogen and oxygen atoms in total. The van der Waals surface area contributed by atoms with Gasteiger partial charge in [-0.2, -0.15) is 0 Å². The van der Waals surface area contributed by atoms with Crippen molar-refractivity contribution in [2.45, 2.75) is 51.5 Å². The Labute approximate surface area is 195 Å². The Bertz CT molecular complexity index is 1090. The number of hydrogen-bond acceptors (Lipinski definition) is 5. The maximum Gasteiger partial charge on any atom is 0.227 e. The van der Waals surface area contributed by atoms with Gasteiger partial charge in [0.15, 0.2) is 17.3 Å². The Hall–Kier alpha value is -2.86. The molecule has 0 saturated carbocycles. The SMILES string of the molecule is COc1cc2c(cc1OC)CN(CCCCC(=O)c1cc3c4c(c1)CCN4C(=O)CC3)CC2. The number of nitrogens with zero attached hydrogens (tertiary/aromatic N) is 2. The van der Waals surface area contributed by atoms with Crippen LogP contribution in [0.2, 0.25) is 0 Å². The Morgan fingerprint density at radius 3 is 2.30 bits per heavy atom. The average Bonchev–Trinajstić information content (AvgIpc) is 3.28. The van der Waals surface area contributed by atoms with Crippen molar-refractivity contribution >= 4 is 17.4 Å². The minimum Gasteiger partial charge on any atom is -0.493 e. The highest BCUT2D eigenvalue weighted by molar-refractivity contribution is 6.02. The van der Waals surface area contributed by atoms with Gasteiger partial charge in [0.1, 0.15) is 0 Å². The van der Waals surface area contributed by atoms with Gasteiger partial charge in [0, 0.05) is 38.0 Å². The van der Waals surface area contributed by atoms with Crippen LogP contribution in [0.4, 0.5) is 5.69 Å². The van der Waals surface area contributed by atoms with Gasteiger partial charge in [0.05, 0.1) is 19.9 Å². The van der Waals surface area contributed by atoms with E-state index in [1.807, 2.05) is 17.0 Å². The lowest BCUT2D eigenvalue weighted by Gasteiger charge is -2.29. The second-order valence-electron chi connectivity index (χ2n) is 9.32. The molecule has 0 spiro atoms. The lowest BCUT2D eigenvalue weighted by atomic mass is 9.94. The van der Waals surface area contributed by atoms with E-state index in [4.69, 9.17) is 9.47 Å². The second-order valence-corrected chi connectivity index (χ2v) is 9.32. The highest BCUT2D eigenvalue weighted by Gasteiger charge is 2.32. The zero-order valence-corrected chi connectivity index (χ0v) is 19.6. The number of methoxy groups -OCH3 is 2. The average molecular weight is 449 g/mol. The molecule has 3 aliphatic rings. The fraction of sp³-hybridized carbons (Fsp3) is 0.481. The van der Waals surface area contributed by atoms with Crippen molar-refractivity contribution in [3.63, 3.8) is 0 Å². The van der Waals surface area contributed by atoms with Crippen molar-refractivity contribution in [1.29, 1.82) is 0 Å². The predicted octanol–water partition coefficient (Wildman–Crippen LogP) is 3.95. The molecule has 0 saturated heterocycles. The van der Waals surface area contributed by atoms with Crippen LogP contribution >= 0.6 is 0 Å². The summed E-state index contributed by atoms with van der Waals surface area (Å²) < 4.78 is 10.9. The quantitative estimate of drug-likeness (QED) is 0.452. The van der Waals surface area contributed by atoms with Crippen molar-refractivity contribution in [3.05, 3.63) is 52.1 Å². The molecular formula is C27H32N2O4. The molecule has 2 aromatic rings. The number of aryl methyl sites for hydroxylation is 1. The number of hydrogen-bond donors (Lipinski definition) is 0. The van der Waals surface area contributed by atoms with E-state index in [1.165, 1.54) is 22.3 Å². The van der Waals surface area contributed by atoms with Crippen LogP contribution in [0.1, 0.15) is 58.3 Å². The molecule has 0 unspecified atom stereocenters. The Balaban J connectivity index is 1.14. The van der Waals surface area contributed by atoms with Gasteiger partial charge in [-0.15, -0.1) is 0 Å². The van der Waals surface area contributed by atoms with E-state index < -0.39 is 0 Å². The summed E-state index contributed by atoms with van der Waals surface area (Å²) in [7, 11) is 3.35. The normalized spacial score (nSPS) is 17.0. The van der Waals surface area contributed by atoms with Crippen LogP contribution in [-0.2, 0) is 30.6 Å². The number of rotatable bonds is 8. The van der Waals surface area contributed by atoms with Crippen LogP contribution in [0.15, 0.2) is 24.3 Å². The van der Waals surface area contributed by atoms with Crippen molar-refractivity contribution in [3.8, 4) is 11.5 Å². The summed E-state index contributed by atoms with van der Waals surface area (Å²) in [5.74, 6) is 2.02. The van der Waals surface area contributed by atoms with Crippen molar-refractivity contribution in [1.82, 2.24) is 4.90 Å². The molecule has 2 aromatic carbocycles. The third-order valence-corrected chi connectivity index (χ3v) is 7.30. The summed E-state index contributed by atoms with van der Waals surface area (Å²) in [5.41, 5.74) is 6.89. The van der Waals surface area contributed by atoms with E-state index >= 15 is 0 Å². The molecule has 0 fully saturated rings. The number of ether oxygens (including phenoxy) is 2. The van der Waals surface area contributed by atoms with E-state index in [-0.39, 0.29) is 11.7 Å². The smallest absolute Gasteiger partial charge is 0.227 e. The Morgan fingerprint density at radius 2 is 1.55 bits per heavy atom. The lowest BCUT2D eigenvalue weighted by molar-refractivity contribution is -0.118. The first kappa shape index (κ1) is 22.0. The summed E-state index contributed by atoms with van der Waals surface area (Å²) >= 11 is 0. The summed E-state index contributed by atoms with van der Waals surface area (Å²) in [6.07, 6.45) is 5.66. The number of benzene rings is 2. The third kappa shape index (κ3) is 4.24. The molecule has 0 atom stereocenters. The maximum absolute atomic E-state index is 12.9. The summed E-state index contributed by atoms with van der Waals surface area (Å²) in [6.45, 7) is 3.69. The number of amides is 1. The van der Waals surface area contributed by atoms with Crippen molar-refractivity contribution in [2.75, 3.05) is 38.8 Å². The van der Waals surface area contributed by atoms with Crippen LogP contribution in [0.3, 0.4) is 0 Å². The number of carbonyl (C=O) groups is 2. The van der Waals surface area contributed by atoms with Gasteiger partial charge in [-0.25, -0.2) is 0 Å². The van der Waals surface area contributed by atoms with Gasteiger partial charge in [0.2, 0.25) is 5.91 Å². The number of carbonyl (C=O) groups excluding carboxylic acids is 2. The first-order valence-electron chi connectivity index (χ1n) is 12.0. The molecule has 1 amide bonds. The van der Waals surface area contributed by atoms with Gasteiger partial charge in [-0.05, 0) is 85.2 Å². The molecule has 0 N–H and O–H groups in total. The fourth-order valence-corrected chi connectivity index (χ4v) is 5.52. The van der Waals surface area contributed by atoms with Gasteiger partial charge >= 0.3 is 0 Å².